The Hall–Kier alpha value is -1.06. The summed E-state index contributed by atoms with van der Waals surface area (Å²) in [6.45, 7) is 8.50. The predicted molar refractivity (Wildman–Crippen MR) is 61.2 cm³/mol. The van der Waals surface area contributed by atoms with Gasteiger partial charge in [-0.3, -0.25) is 4.79 Å². The molecule has 16 heavy (non-hydrogen) atoms. The van der Waals surface area contributed by atoms with E-state index in [1.807, 2.05) is 27.7 Å². The van der Waals surface area contributed by atoms with Crippen molar-refractivity contribution in [2.75, 3.05) is 13.1 Å². The molecule has 0 radical (unpaired) electrons. The topological polar surface area (TPSA) is 46.6 Å². The maximum absolute atomic E-state index is 11.8. The molecule has 1 aliphatic heterocycles. The molecular formula is C12H21NO3. The van der Waals surface area contributed by atoms with Gasteiger partial charge in [-0.1, -0.05) is 6.92 Å². The normalized spacial score (nSPS) is 22.9. The van der Waals surface area contributed by atoms with Crippen LogP contribution in [0.2, 0.25) is 0 Å². The van der Waals surface area contributed by atoms with E-state index in [1.54, 1.807) is 4.90 Å². The van der Waals surface area contributed by atoms with Gasteiger partial charge in [0.1, 0.15) is 11.4 Å². The molecule has 0 aromatic rings. The number of likely N-dealkylation sites (tertiary alicyclic amines) is 1. The minimum Gasteiger partial charge on any atom is -0.444 e. The van der Waals surface area contributed by atoms with E-state index in [2.05, 4.69) is 0 Å². The lowest BCUT2D eigenvalue weighted by Gasteiger charge is -2.27. The van der Waals surface area contributed by atoms with Crippen molar-refractivity contribution >= 4 is 11.9 Å². The van der Waals surface area contributed by atoms with Crippen molar-refractivity contribution < 1.29 is 14.3 Å². The van der Waals surface area contributed by atoms with Crippen LogP contribution >= 0.6 is 0 Å². The van der Waals surface area contributed by atoms with E-state index in [-0.39, 0.29) is 17.8 Å². The second kappa shape index (κ2) is 4.85. The zero-order valence-electron chi connectivity index (χ0n) is 10.6. The highest BCUT2D eigenvalue weighted by atomic mass is 16.6. The number of carbonyl (C=O) groups excluding carboxylic acids is 2. The fourth-order valence-electron chi connectivity index (χ4n) is 1.71. The highest BCUT2D eigenvalue weighted by Gasteiger charge is 2.27. The molecule has 1 saturated heterocycles. The van der Waals surface area contributed by atoms with Crippen molar-refractivity contribution in [3.8, 4) is 0 Å². The second-order valence-corrected chi connectivity index (χ2v) is 5.40. The summed E-state index contributed by atoms with van der Waals surface area (Å²) in [5, 5.41) is 0. The third kappa shape index (κ3) is 3.83. The first-order valence-corrected chi connectivity index (χ1v) is 5.80. The zero-order chi connectivity index (χ0) is 12.3. The van der Waals surface area contributed by atoms with E-state index in [0.717, 1.165) is 6.42 Å². The van der Waals surface area contributed by atoms with Crippen LogP contribution in [0.5, 0.6) is 0 Å². The molecule has 1 aliphatic rings. The van der Waals surface area contributed by atoms with Crippen molar-refractivity contribution in [3.63, 3.8) is 0 Å². The smallest absolute Gasteiger partial charge is 0.410 e. The standard InChI is InChI=1S/C12H21NO3/c1-9-8-13(7-5-6-10(9)14)11(15)16-12(2,3)4/h9H,5-8H2,1-4H3/t9-/m0/s1. The first-order chi connectivity index (χ1) is 7.29. The summed E-state index contributed by atoms with van der Waals surface area (Å²) >= 11 is 0. The summed E-state index contributed by atoms with van der Waals surface area (Å²) in [6, 6.07) is 0. The van der Waals surface area contributed by atoms with Gasteiger partial charge in [0.15, 0.2) is 0 Å². The van der Waals surface area contributed by atoms with Crippen LogP contribution in [0.15, 0.2) is 0 Å². The predicted octanol–water partition coefficient (Wildman–Crippen LogP) is 2.22. The Morgan fingerprint density at radius 3 is 2.62 bits per heavy atom. The SMILES string of the molecule is C[C@H]1CN(C(=O)OC(C)(C)C)CCCC1=O. The second-order valence-electron chi connectivity index (χ2n) is 5.40. The van der Waals surface area contributed by atoms with E-state index in [9.17, 15) is 9.59 Å². The lowest BCUT2D eigenvalue weighted by Crippen LogP contribution is -2.39. The molecule has 4 heteroatoms. The van der Waals surface area contributed by atoms with E-state index >= 15 is 0 Å². The van der Waals surface area contributed by atoms with Crippen molar-refractivity contribution in [3.05, 3.63) is 0 Å². The van der Waals surface area contributed by atoms with Gasteiger partial charge in [0.05, 0.1) is 0 Å². The third-order valence-corrected chi connectivity index (χ3v) is 2.55. The van der Waals surface area contributed by atoms with E-state index in [0.29, 0.717) is 19.5 Å². The molecule has 0 N–H and O–H groups in total. The molecule has 0 saturated carbocycles. The highest BCUT2D eigenvalue weighted by Crippen LogP contribution is 2.16. The lowest BCUT2D eigenvalue weighted by atomic mass is 10.0. The van der Waals surface area contributed by atoms with E-state index < -0.39 is 5.60 Å². The zero-order valence-corrected chi connectivity index (χ0v) is 10.6. The van der Waals surface area contributed by atoms with Gasteiger partial charge in [0.25, 0.3) is 0 Å². The summed E-state index contributed by atoms with van der Waals surface area (Å²) in [4.78, 5) is 24.9. The first-order valence-electron chi connectivity index (χ1n) is 5.80. The van der Waals surface area contributed by atoms with Crippen LogP contribution in [-0.2, 0) is 9.53 Å². The molecule has 1 atom stereocenters. The quantitative estimate of drug-likeness (QED) is 0.637. The molecule has 0 aromatic heterocycles. The maximum atomic E-state index is 11.8. The molecule has 0 aliphatic carbocycles. The van der Waals surface area contributed by atoms with Crippen LogP contribution < -0.4 is 0 Å². The van der Waals surface area contributed by atoms with Crippen LogP contribution in [-0.4, -0.2) is 35.5 Å². The Morgan fingerprint density at radius 2 is 2.06 bits per heavy atom. The van der Waals surface area contributed by atoms with Gasteiger partial charge in [-0.2, -0.15) is 0 Å². The van der Waals surface area contributed by atoms with Gasteiger partial charge in [-0.15, -0.1) is 0 Å². The molecule has 0 aromatic carbocycles. The van der Waals surface area contributed by atoms with Crippen LogP contribution in [0.3, 0.4) is 0 Å². The molecule has 1 fully saturated rings. The maximum Gasteiger partial charge on any atom is 0.410 e. The third-order valence-electron chi connectivity index (χ3n) is 2.55. The molecule has 92 valence electrons. The summed E-state index contributed by atoms with van der Waals surface area (Å²) in [5.41, 5.74) is -0.476. The highest BCUT2D eigenvalue weighted by molar-refractivity contribution is 5.82. The van der Waals surface area contributed by atoms with E-state index in [4.69, 9.17) is 4.74 Å². The number of ketones is 1. The van der Waals surface area contributed by atoms with Crippen LogP contribution in [0.25, 0.3) is 0 Å². The number of carbonyl (C=O) groups is 2. The Bertz CT molecular complexity index is 280. The fraction of sp³-hybridized carbons (Fsp3) is 0.833. The van der Waals surface area contributed by atoms with Gasteiger partial charge in [0.2, 0.25) is 0 Å². The van der Waals surface area contributed by atoms with Crippen LogP contribution in [0, 0.1) is 5.92 Å². The number of Topliss-reactive ketones (excluding diaryl/α,β-unsaturated/α-hetero) is 1. The fourth-order valence-corrected chi connectivity index (χ4v) is 1.71. The van der Waals surface area contributed by atoms with Gasteiger partial charge in [-0.25, -0.2) is 4.79 Å². The van der Waals surface area contributed by atoms with Crippen molar-refractivity contribution in [1.29, 1.82) is 0 Å². The number of amides is 1. The molecule has 1 heterocycles. The average Bonchev–Trinajstić information content (AvgIpc) is 2.27. The van der Waals surface area contributed by atoms with Gasteiger partial charge >= 0.3 is 6.09 Å². The summed E-state index contributed by atoms with van der Waals surface area (Å²) in [7, 11) is 0. The monoisotopic (exact) mass is 227 g/mol. The van der Waals surface area contributed by atoms with Gasteiger partial charge in [-0.05, 0) is 27.2 Å². The number of hydrogen-bond acceptors (Lipinski definition) is 3. The number of ether oxygens (including phenoxy) is 1. The largest absolute Gasteiger partial charge is 0.444 e. The summed E-state index contributed by atoms with van der Waals surface area (Å²) < 4.78 is 5.29. The van der Waals surface area contributed by atoms with Gasteiger partial charge < -0.3 is 9.64 Å². The Balaban J connectivity index is 2.59. The Kier molecular flexibility index (Phi) is 3.94. The van der Waals surface area contributed by atoms with Crippen molar-refractivity contribution in [1.82, 2.24) is 4.90 Å². The van der Waals surface area contributed by atoms with Crippen LogP contribution in [0.1, 0.15) is 40.5 Å². The van der Waals surface area contributed by atoms with Crippen LogP contribution in [0.4, 0.5) is 4.79 Å². The summed E-state index contributed by atoms with van der Waals surface area (Å²) in [6.07, 6.45) is 0.997. The first kappa shape index (κ1) is 13.0. The van der Waals surface area contributed by atoms with Crippen molar-refractivity contribution in [2.24, 2.45) is 5.92 Å². The molecule has 1 amide bonds. The Morgan fingerprint density at radius 1 is 1.44 bits per heavy atom. The van der Waals surface area contributed by atoms with Crippen molar-refractivity contribution in [2.45, 2.75) is 46.1 Å². The minimum absolute atomic E-state index is 0.0741. The minimum atomic E-state index is -0.476. The lowest BCUT2D eigenvalue weighted by molar-refractivity contribution is -0.122. The summed E-state index contributed by atoms with van der Waals surface area (Å²) in [5.74, 6) is 0.168. The van der Waals surface area contributed by atoms with Gasteiger partial charge in [0, 0.05) is 25.4 Å². The molecule has 0 unspecified atom stereocenters. The molecular weight excluding hydrogens is 206 g/mol. The average molecular weight is 227 g/mol. The number of nitrogens with zero attached hydrogens (tertiary/aromatic N) is 1. The van der Waals surface area contributed by atoms with E-state index in [1.165, 1.54) is 0 Å². The molecule has 0 bridgehead atoms. The number of rotatable bonds is 0. The molecule has 0 spiro atoms. The number of hydrogen-bond donors (Lipinski definition) is 0. The Labute approximate surface area is 96.9 Å². The molecule has 4 nitrogen and oxygen atoms in total. The molecule has 1 rings (SSSR count).